The molecule has 1 aromatic carbocycles. The van der Waals surface area contributed by atoms with Gasteiger partial charge in [0.2, 0.25) is 35.4 Å². The first-order chi connectivity index (χ1) is 32.3. The van der Waals surface area contributed by atoms with E-state index in [9.17, 15) is 73.2 Å². The number of benzene rings is 1. The zero-order chi connectivity index (χ0) is 52.1. The Labute approximate surface area is 398 Å². The number of hydrogen-bond acceptors (Lipinski definition) is 12. The van der Waals surface area contributed by atoms with Crippen molar-refractivity contribution >= 4 is 65.2 Å². The number of nitrogens with one attached hydrogen (secondary N) is 6. The number of carbonyl (C=O) groups excluding carboxylic acids is 7. The topological polar surface area (TPSA) is 353 Å². The molecule has 23 nitrogen and oxygen atoms in total. The molecule has 2 rings (SSSR count). The van der Waals surface area contributed by atoms with E-state index in [1.165, 1.54) is 13.0 Å². The van der Waals surface area contributed by atoms with Crippen molar-refractivity contribution in [1.82, 2.24) is 36.8 Å². The highest BCUT2D eigenvalue weighted by Crippen LogP contribution is 2.18. The van der Waals surface area contributed by atoms with Gasteiger partial charge >= 0.3 is 23.9 Å². The highest BCUT2D eigenvalue weighted by atomic mass is 16.5. The van der Waals surface area contributed by atoms with Gasteiger partial charge in [0.25, 0.3) is 5.91 Å². The van der Waals surface area contributed by atoms with Crippen molar-refractivity contribution in [3.05, 3.63) is 72.0 Å². The number of rotatable bonds is 15. The van der Waals surface area contributed by atoms with Crippen LogP contribution in [0.5, 0.6) is 0 Å². The van der Waals surface area contributed by atoms with Crippen molar-refractivity contribution < 1.29 is 77.9 Å². The summed E-state index contributed by atoms with van der Waals surface area (Å²) < 4.78 is 5.76. The van der Waals surface area contributed by atoms with Gasteiger partial charge in [-0.25, -0.2) is 9.59 Å². The van der Waals surface area contributed by atoms with E-state index in [1.54, 1.807) is 20.1 Å². The number of likely N-dealkylation sites (N-methyl/N-ethyl adjacent to an activating group) is 1. The van der Waals surface area contributed by atoms with Crippen molar-refractivity contribution in [3.63, 3.8) is 0 Å². The minimum absolute atomic E-state index is 0.168. The summed E-state index contributed by atoms with van der Waals surface area (Å²) in [6, 6.07) is -0.356. The minimum atomic E-state index is -2.06. The number of amides is 7. The molecule has 23 heteroatoms. The second-order valence-corrected chi connectivity index (χ2v) is 16.6. The number of methoxy groups -OCH3 is 1. The predicted octanol–water partition coefficient (Wildman–Crippen LogP) is 0.00230. The van der Waals surface area contributed by atoms with Crippen LogP contribution in [0.2, 0.25) is 0 Å². The van der Waals surface area contributed by atoms with E-state index in [-0.39, 0.29) is 12.0 Å². The molecular formula is C46H63N7O16. The molecule has 1 heterocycles. The fourth-order valence-corrected chi connectivity index (χ4v) is 6.86. The fraction of sp³-hybridized carbons (Fsp3) is 0.500. The molecule has 1 fully saturated rings. The summed E-state index contributed by atoms with van der Waals surface area (Å²) in [5.74, 6) is -14.9. The van der Waals surface area contributed by atoms with Crippen LogP contribution in [0.4, 0.5) is 0 Å². The first-order valence-corrected chi connectivity index (χ1v) is 21.9. The molecule has 378 valence electrons. The lowest BCUT2D eigenvalue weighted by Gasteiger charge is -2.27. The van der Waals surface area contributed by atoms with Gasteiger partial charge in [0.15, 0.2) is 0 Å². The summed E-state index contributed by atoms with van der Waals surface area (Å²) in [5.41, 5.74) is 1.17. The molecule has 1 aliphatic rings. The summed E-state index contributed by atoms with van der Waals surface area (Å²) in [4.78, 5) is 143. The number of ether oxygens (including phenoxy) is 1. The molecule has 1 aromatic rings. The number of nitrogens with zero attached hydrogens (tertiary/aromatic N) is 1. The summed E-state index contributed by atoms with van der Waals surface area (Å²) >= 11 is 0. The van der Waals surface area contributed by atoms with Gasteiger partial charge in [0.1, 0.15) is 35.9 Å². The lowest BCUT2D eigenvalue weighted by atomic mass is 9.94. The Kier molecular flexibility index (Phi) is 23.4. The standard InChI is InChI=1S/C46H63N7O16/c1-24(21-25(2)35(69-7)22-29-11-9-8-10-12-29)13-14-30-26(3)40(60)51-33(45(65)66)15-18-37(55)53(6)28(5)42(62)47-27(4)41(61)50-32(17-20-39(58)59)44(64)52-34(46(67)68)23-36(54)48-31(43(63)49-30)16-19-38(56)57/h8-14,21,25-27,30-35H,5,15-20,22-23H2,1-4,6-7H3,(H,47,62)(H,48,54)(H,49,63)(H,50,61)(H,51,60)(H,52,64)(H,56,57)(H,58,59)(H,65,66)(H,67,68). The van der Waals surface area contributed by atoms with E-state index in [4.69, 9.17) is 4.74 Å². The quantitative estimate of drug-likeness (QED) is 0.0817. The zero-order valence-corrected chi connectivity index (χ0v) is 39.3. The van der Waals surface area contributed by atoms with Crippen LogP contribution in [-0.2, 0) is 63.9 Å². The molecule has 0 radical (unpaired) electrons. The van der Waals surface area contributed by atoms with Gasteiger partial charge < -0.3 is 62.0 Å². The third-order valence-corrected chi connectivity index (χ3v) is 11.1. The van der Waals surface area contributed by atoms with E-state index in [1.807, 2.05) is 43.3 Å². The lowest BCUT2D eigenvalue weighted by Crippen LogP contribution is -2.56. The second-order valence-electron chi connectivity index (χ2n) is 16.6. The van der Waals surface area contributed by atoms with Crippen molar-refractivity contribution in [3.8, 4) is 0 Å². The second kappa shape index (κ2) is 28.0. The summed E-state index contributed by atoms with van der Waals surface area (Å²) in [5, 5.41) is 52.6. The largest absolute Gasteiger partial charge is 0.481 e. The average Bonchev–Trinajstić information content (AvgIpc) is 3.28. The summed E-state index contributed by atoms with van der Waals surface area (Å²) in [7, 11) is 2.71. The highest BCUT2D eigenvalue weighted by Gasteiger charge is 2.34. The van der Waals surface area contributed by atoms with Crippen molar-refractivity contribution in [2.45, 2.75) is 121 Å². The number of carboxylic acids is 4. The average molecular weight is 970 g/mol. The number of hydrogen-bond donors (Lipinski definition) is 10. The molecule has 1 saturated heterocycles. The van der Waals surface area contributed by atoms with Gasteiger partial charge in [0, 0.05) is 39.3 Å². The maximum atomic E-state index is 14.0. The minimum Gasteiger partial charge on any atom is -0.481 e. The van der Waals surface area contributed by atoms with E-state index in [0.717, 1.165) is 24.4 Å². The highest BCUT2D eigenvalue weighted by molar-refractivity contribution is 6.00. The first-order valence-electron chi connectivity index (χ1n) is 21.9. The normalized spacial score (nSPS) is 24.5. The van der Waals surface area contributed by atoms with Crippen LogP contribution in [0.3, 0.4) is 0 Å². The van der Waals surface area contributed by atoms with Crippen LogP contribution in [0, 0.1) is 11.8 Å². The molecule has 1 aliphatic heterocycles. The van der Waals surface area contributed by atoms with Gasteiger partial charge in [-0.05, 0) is 45.1 Å². The molecule has 10 N–H and O–H groups in total. The Hall–Kier alpha value is -7.43. The number of carbonyl (C=O) groups is 11. The van der Waals surface area contributed by atoms with E-state index in [0.29, 0.717) is 12.0 Å². The van der Waals surface area contributed by atoms with Crippen molar-refractivity contribution in [2.24, 2.45) is 11.8 Å². The van der Waals surface area contributed by atoms with E-state index >= 15 is 0 Å². The van der Waals surface area contributed by atoms with E-state index in [2.05, 4.69) is 38.5 Å². The molecule has 9 unspecified atom stereocenters. The maximum absolute atomic E-state index is 14.0. The van der Waals surface area contributed by atoms with Crippen LogP contribution in [-0.4, -0.2) is 147 Å². The lowest BCUT2D eigenvalue weighted by molar-refractivity contribution is -0.144. The maximum Gasteiger partial charge on any atom is 0.326 e. The first kappa shape index (κ1) is 57.7. The third kappa shape index (κ3) is 19.8. The molecule has 0 spiro atoms. The van der Waals surface area contributed by atoms with Crippen LogP contribution in [0.15, 0.2) is 66.4 Å². The van der Waals surface area contributed by atoms with Gasteiger partial charge in [-0.2, -0.15) is 0 Å². The Bertz CT molecular complexity index is 2140. The van der Waals surface area contributed by atoms with Crippen LogP contribution < -0.4 is 31.9 Å². The zero-order valence-electron chi connectivity index (χ0n) is 39.3. The monoisotopic (exact) mass is 969 g/mol. The number of carboxylic acid groups (broad SMARTS) is 4. The van der Waals surface area contributed by atoms with Crippen LogP contribution in [0.25, 0.3) is 0 Å². The predicted molar refractivity (Wildman–Crippen MR) is 244 cm³/mol. The molecule has 0 bridgehead atoms. The van der Waals surface area contributed by atoms with Crippen LogP contribution in [0.1, 0.15) is 78.2 Å². The Morgan fingerprint density at radius 2 is 1.33 bits per heavy atom. The molecule has 0 aromatic heterocycles. The fourth-order valence-electron chi connectivity index (χ4n) is 6.86. The third-order valence-electron chi connectivity index (χ3n) is 11.1. The molecule has 0 saturated carbocycles. The van der Waals surface area contributed by atoms with Gasteiger partial charge in [0.05, 0.1) is 24.5 Å². The molecule has 69 heavy (non-hydrogen) atoms. The van der Waals surface area contributed by atoms with E-state index < -0.39 is 158 Å². The molecule has 0 aliphatic carbocycles. The van der Waals surface area contributed by atoms with Crippen molar-refractivity contribution in [2.75, 3.05) is 14.2 Å². The number of allylic oxidation sites excluding steroid dienone is 2. The Morgan fingerprint density at radius 1 is 0.783 bits per heavy atom. The smallest absolute Gasteiger partial charge is 0.326 e. The SMILES string of the molecule is C=C1C(=O)NC(C)C(=O)NC(CCC(=O)O)C(=O)NC(C(=O)O)CC(=O)NC(CCC(=O)O)C(=O)NC(C=CC(C)=CC(C)C(Cc2ccccc2)OC)C(C)C(=O)NC(C(=O)O)CCC(=O)N1C. The van der Waals surface area contributed by atoms with Crippen molar-refractivity contribution in [1.29, 1.82) is 0 Å². The number of aliphatic carboxylic acids is 4. The van der Waals surface area contributed by atoms with Gasteiger partial charge in [-0.3, -0.25) is 43.2 Å². The summed E-state index contributed by atoms with van der Waals surface area (Å²) in [6.45, 7) is 9.72. The Balaban J connectivity index is 2.67. The molecule has 9 atom stereocenters. The summed E-state index contributed by atoms with van der Waals surface area (Å²) in [6.07, 6.45) is 0.520. The van der Waals surface area contributed by atoms with Crippen LogP contribution >= 0.6 is 0 Å². The Morgan fingerprint density at radius 3 is 1.88 bits per heavy atom. The molecular weight excluding hydrogens is 907 g/mol. The van der Waals surface area contributed by atoms with Gasteiger partial charge in [-0.15, -0.1) is 0 Å². The molecule has 7 amide bonds. The van der Waals surface area contributed by atoms with Gasteiger partial charge in [-0.1, -0.05) is 74.6 Å².